The van der Waals surface area contributed by atoms with Crippen molar-refractivity contribution in [3.8, 4) is 0 Å². The van der Waals surface area contributed by atoms with Crippen LogP contribution >= 0.6 is 11.3 Å². The summed E-state index contributed by atoms with van der Waals surface area (Å²) >= 11 is 1.38. The molecular weight excluding hydrogens is 239 g/mol. The first-order chi connectivity index (χ1) is 8.25. The maximum Gasteiger partial charge on any atom is 0.270 e. The second kappa shape index (κ2) is 5.54. The van der Waals surface area contributed by atoms with Crippen LogP contribution in [-0.2, 0) is 6.42 Å². The number of aromatic nitrogens is 1. The van der Waals surface area contributed by atoms with E-state index in [9.17, 15) is 9.18 Å². The average Bonchev–Trinajstić information content (AvgIpc) is 2.82. The Balaban J connectivity index is 1.82. The lowest BCUT2D eigenvalue weighted by atomic mass is 10.1. The minimum atomic E-state index is -0.256. The lowest BCUT2D eigenvalue weighted by molar-refractivity contribution is 0.0950. The summed E-state index contributed by atoms with van der Waals surface area (Å²) in [5, 5.41) is 4.43. The van der Waals surface area contributed by atoms with Gasteiger partial charge in [-0.15, -0.1) is 11.3 Å². The van der Waals surface area contributed by atoms with Gasteiger partial charge in [0, 0.05) is 11.9 Å². The number of nitrogens with zero attached hydrogens (tertiary/aromatic N) is 1. The van der Waals surface area contributed by atoms with E-state index in [0.717, 1.165) is 5.56 Å². The minimum absolute atomic E-state index is 0.192. The summed E-state index contributed by atoms with van der Waals surface area (Å²) in [7, 11) is 0. The highest BCUT2D eigenvalue weighted by Crippen LogP contribution is 2.04. The number of carbonyl (C=O) groups excluding carboxylic acids is 1. The summed E-state index contributed by atoms with van der Waals surface area (Å²) < 4.78 is 12.9. The van der Waals surface area contributed by atoms with E-state index in [0.29, 0.717) is 18.7 Å². The Hall–Kier alpha value is -1.75. The molecule has 17 heavy (non-hydrogen) atoms. The monoisotopic (exact) mass is 250 g/mol. The van der Waals surface area contributed by atoms with E-state index >= 15 is 0 Å². The average molecular weight is 250 g/mol. The number of benzene rings is 1. The van der Waals surface area contributed by atoms with Crippen molar-refractivity contribution in [2.75, 3.05) is 6.54 Å². The number of hydrogen-bond donors (Lipinski definition) is 1. The van der Waals surface area contributed by atoms with Crippen molar-refractivity contribution in [2.45, 2.75) is 6.42 Å². The molecule has 0 fully saturated rings. The Morgan fingerprint density at radius 1 is 1.47 bits per heavy atom. The summed E-state index contributed by atoms with van der Waals surface area (Å²) in [4.78, 5) is 15.4. The fraction of sp³-hybridized carbons (Fsp3) is 0.167. The highest BCUT2D eigenvalue weighted by Gasteiger charge is 2.06. The number of nitrogens with one attached hydrogen (secondary N) is 1. The van der Waals surface area contributed by atoms with Crippen LogP contribution in [0.15, 0.2) is 35.2 Å². The summed E-state index contributed by atoms with van der Waals surface area (Å²) in [6, 6.07) is 6.36. The van der Waals surface area contributed by atoms with Crippen LogP contribution in [0.5, 0.6) is 0 Å². The van der Waals surface area contributed by atoms with E-state index in [1.54, 1.807) is 17.0 Å². The van der Waals surface area contributed by atoms with E-state index in [1.807, 2.05) is 6.07 Å². The molecular formula is C12H11FN2OS. The Morgan fingerprint density at radius 2 is 2.35 bits per heavy atom. The number of hydrogen-bond acceptors (Lipinski definition) is 3. The molecule has 0 atom stereocenters. The molecule has 1 aromatic carbocycles. The van der Waals surface area contributed by atoms with Gasteiger partial charge >= 0.3 is 0 Å². The first kappa shape index (κ1) is 11.7. The SMILES string of the molecule is O=C(NCCc1cccc(F)c1)c1cscn1. The van der Waals surface area contributed by atoms with Crippen molar-refractivity contribution in [2.24, 2.45) is 0 Å². The summed E-state index contributed by atoms with van der Waals surface area (Å²) in [6.45, 7) is 0.472. The third-order valence-electron chi connectivity index (χ3n) is 2.25. The highest BCUT2D eigenvalue weighted by atomic mass is 32.1. The first-order valence-electron chi connectivity index (χ1n) is 5.16. The molecule has 0 saturated heterocycles. The van der Waals surface area contributed by atoms with E-state index < -0.39 is 0 Å². The van der Waals surface area contributed by atoms with Gasteiger partial charge in [0.15, 0.2) is 0 Å². The fourth-order valence-corrected chi connectivity index (χ4v) is 1.96. The lowest BCUT2D eigenvalue weighted by Crippen LogP contribution is -2.25. The van der Waals surface area contributed by atoms with Gasteiger partial charge < -0.3 is 5.32 Å². The maximum atomic E-state index is 12.9. The molecule has 2 rings (SSSR count). The Bertz CT molecular complexity index is 499. The van der Waals surface area contributed by atoms with Gasteiger partial charge in [0.1, 0.15) is 11.5 Å². The smallest absolute Gasteiger partial charge is 0.270 e. The van der Waals surface area contributed by atoms with Crippen molar-refractivity contribution < 1.29 is 9.18 Å². The van der Waals surface area contributed by atoms with Crippen LogP contribution in [0.3, 0.4) is 0 Å². The quantitative estimate of drug-likeness (QED) is 0.904. The number of thiazole rings is 1. The van der Waals surface area contributed by atoms with Gasteiger partial charge in [-0.05, 0) is 24.1 Å². The van der Waals surface area contributed by atoms with Crippen LogP contribution in [0.4, 0.5) is 4.39 Å². The largest absolute Gasteiger partial charge is 0.350 e. The molecule has 0 aliphatic heterocycles. The molecule has 0 spiro atoms. The standard InChI is InChI=1S/C12H11FN2OS/c13-10-3-1-2-9(6-10)4-5-14-12(16)11-7-17-8-15-11/h1-3,6-8H,4-5H2,(H,14,16). The Morgan fingerprint density at radius 3 is 3.06 bits per heavy atom. The van der Waals surface area contributed by atoms with Gasteiger partial charge in [0.25, 0.3) is 5.91 Å². The number of rotatable bonds is 4. The predicted octanol–water partition coefficient (Wildman–Crippen LogP) is 2.25. The maximum absolute atomic E-state index is 12.9. The van der Waals surface area contributed by atoms with Crippen LogP contribution in [0.2, 0.25) is 0 Å². The minimum Gasteiger partial charge on any atom is -0.350 e. The second-order valence-electron chi connectivity index (χ2n) is 3.51. The first-order valence-corrected chi connectivity index (χ1v) is 6.11. The van der Waals surface area contributed by atoms with Crippen LogP contribution in [0, 0.1) is 5.82 Å². The molecule has 0 radical (unpaired) electrons. The fourth-order valence-electron chi connectivity index (χ4n) is 1.43. The third kappa shape index (κ3) is 3.35. The molecule has 5 heteroatoms. The van der Waals surface area contributed by atoms with Crippen LogP contribution in [-0.4, -0.2) is 17.4 Å². The Kier molecular flexibility index (Phi) is 3.82. The van der Waals surface area contributed by atoms with Crippen LogP contribution in [0.25, 0.3) is 0 Å². The molecule has 1 heterocycles. The zero-order chi connectivity index (χ0) is 12.1. The van der Waals surface area contributed by atoms with Crippen molar-refractivity contribution >= 4 is 17.2 Å². The van der Waals surface area contributed by atoms with Crippen LogP contribution in [0.1, 0.15) is 16.1 Å². The van der Waals surface area contributed by atoms with Crippen LogP contribution < -0.4 is 5.32 Å². The van der Waals surface area contributed by atoms with E-state index in [2.05, 4.69) is 10.3 Å². The molecule has 0 aliphatic rings. The summed E-state index contributed by atoms with van der Waals surface area (Å²) in [6.07, 6.45) is 0.605. The molecule has 0 unspecified atom stereocenters. The van der Waals surface area contributed by atoms with Crippen molar-refractivity contribution in [1.29, 1.82) is 0 Å². The molecule has 1 amide bonds. The van der Waals surface area contributed by atoms with Crippen molar-refractivity contribution in [1.82, 2.24) is 10.3 Å². The van der Waals surface area contributed by atoms with Gasteiger partial charge in [-0.25, -0.2) is 9.37 Å². The van der Waals surface area contributed by atoms with E-state index in [4.69, 9.17) is 0 Å². The number of amides is 1. The van der Waals surface area contributed by atoms with Crippen molar-refractivity contribution in [3.63, 3.8) is 0 Å². The third-order valence-corrected chi connectivity index (χ3v) is 2.84. The van der Waals surface area contributed by atoms with Gasteiger partial charge in [0.05, 0.1) is 5.51 Å². The van der Waals surface area contributed by atoms with Gasteiger partial charge in [-0.1, -0.05) is 12.1 Å². The molecule has 0 aliphatic carbocycles. The zero-order valence-corrected chi connectivity index (χ0v) is 9.84. The Labute approximate surface area is 102 Å². The molecule has 3 nitrogen and oxygen atoms in total. The number of carbonyl (C=O) groups is 1. The van der Waals surface area contributed by atoms with Gasteiger partial charge in [-0.2, -0.15) is 0 Å². The van der Waals surface area contributed by atoms with Gasteiger partial charge in [-0.3, -0.25) is 4.79 Å². The second-order valence-corrected chi connectivity index (χ2v) is 4.23. The molecule has 1 N–H and O–H groups in total. The molecule has 0 saturated carbocycles. The zero-order valence-electron chi connectivity index (χ0n) is 9.02. The topological polar surface area (TPSA) is 42.0 Å². The van der Waals surface area contributed by atoms with E-state index in [1.165, 1.54) is 23.5 Å². The summed E-state index contributed by atoms with van der Waals surface area (Å²) in [5.41, 5.74) is 2.90. The van der Waals surface area contributed by atoms with E-state index in [-0.39, 0.29) is 11.7 Å². The lowest BCUT2D eigenvalue weighted by Gasteiger charge is -2.03. The normalized spacial score (nSPS) is 10.2. The molecule has 88 valence electrons. The molecule has 1 aromatic heterocycles. The number of halogens is 1. The van der Waals surface area contributed by atoms with Gasteiger partial charge in [0.2, 0.25) is 0 Å². The summed E-state index contributed by atoms with van der Waals surface area (Å²) in [5.74, 6) is -0.448. The molecule has 2 aromatic rings. The highest BCUT2D eigenvalue weighted by molar-refractivity contribution is 7.07. The molecule has 0 bridgehead atoms. The van der Waals surface area contributed by atoms with Crippen molar-refractivity contribution in [3.05, 3.63) is 52.2 Å². The predicted molar refractivity (Wildman–Crippen MR) is 64.6 cm³/mol.